The van der Waals surface area contributed by atoms with Crippen molar-refractivity contribution >= 4 is 17.4 Å². The average Bonchev–Trinajstić information content (AvgIpc) is 3.00. The van der Waals surface area contributed by atoms with Crippen molar-refractivity contribution in [1.82, 2.24) is 15.1 Å². The molecule has 1 atom stereocenters. The minimum Gasteiger partial charge on any atom is -0.316 e. The zero-order chi connectivity index (χ0) is 13.8. The van der Waals surface area contributed by atoms with E-state index in [1.165, 1.54) is 6.42 Å². The SMILES string of the molecule is CCn1nc(C)c(Cl)c1CC(=O)CCC1CCNC1. The molecule has 0 aliphatic carbocycles. The molecule has 1 aliphatic heterocycles. The van der Waals surface area contributed by atoms with Gasteiger partial charge in [-0.2, -0.15) is 5.10 Å². The lowest BCUT2D eigenvalue weighted by Crippen LogP contribution is -2.13. The molecule has 1 N–H and O–H groups in total. The van der Waals surface area contributed by atoms with Crippen molar-refractivity contribution in [2.75, 3.05) is 13.1 Å². The van der Waals surface area contributed by atoms with Gasteiger partial charge >= 0.3 is 0 Å². The monoisotopic (exact) mass is 283 g/mol. The number of halogens is 1. The first-order valence-corrected chi connectivity index (χ1v) is 7.43. The lowest BCUT2D eigenvalue weighted by molar-refractivity contribution is -0.118. The van der Waals surface area contributed by atoms with E-state index in [0.29, 0.717) is 23.8 Å². The summed E-state index contributed by atoms with van der Waals surface area (Å²) in [5.74, 6) is 0.931. The number of rotatable bonds is 6. The number of aromatic nitrogens is 2. The van der Waals surface area contributed by atoms with Crippen LogP contribution >= 0.6 is 11.6 Å². The molecule has 0 spiro atoms. The van der Waals surface area contributed by atoms with Crippen molar-refractivity contribution in [2.45, 2.75) is 46.1 Å². The number of Topliss-reactive ketones (excluding diaryl/α,β-unsaturated/α-hetero) is 1. The Balaban J connectivity index is 1.90. The molecule has 4 nitrogen and oxygen atoms in total. The molecule has 2 heterocycles. The average molecular weight is 284 g/mol. The van der Waals surface area contributed by atoms with Crippen LogP contribution in [-0.2, 0) is 17.8 Å². The van der Waals surface area contributed by atoms with Crippen LogP contribution in [0.3, 0.4) is 0 Å². The second kappa shape index (κ2) is 6.53. The maximum atomic E-state index is 12.1. The summed E-state index contributed by atoms with van der Waals surface area (Å²) < 4.78 is 1.84. The number of carbonyl (C=O) groups is 1. The molecule has 2 rings (SSSR count). The molecule has 106 valence electrons. The van der Waals surface area contributed by atoms with Crippen molar-refractivity contribution in [3.05, 3.63) is 16.4 Å². The van der Waals surface area contributed by atoms with Gasteiger partial charge in [0.1, 0.15) is 5.78 Å². The third kappa shape index (κ3) is 3.57. The van der Waals surface area contributed by atoms with E-state index in [4.69, 9.17) is 11.6 Å². The number of nitrogens with zero attached hydrogens (tertiary/aromatic N) is 2. The molecule has 0 aromatic carbocycles. The highest BCUT2D eigenvalue weighted by molar-refractivity contribution is 6.32. The van der Waals surface area contributed by atoms with Crippen LogP contribution < -0.4 is 5.32 Å². The topological polar surface area (TPSA) is 46.9 Å². The minimum absolute atomic E-state index is 0.267. The van der Waals surface area contributed by atoms with Crippen molar-refractivity contribution in [3.8, 4) is 0 Å². The number of nitrogens with one attached hydrogen (secondary N) is 1. The van der Waals surface area contributed by atoms with Gasteiger partial charge in [0, 0.05) is 19.4 Å². The Morgan fingerprint density at radius 3 is 3.00 bits per heavy atom. The Morgan fingerprint density at radius 1 is 1.58 bits per heavy atom. The van der Waals surface area contributed by atoms with Crippen molar-refractivity contribution in [3.63, 3.8) is 0 Å². The lowest BCUT2D eigenvalue weighted by Gasteiger charge is -2.08. The molecule has 1 fully saturated rings. The summed E-state index contributed by atoms with van der Waals surface area (Å²) >= 11 is 6.22. The first kappa shape index (κ1) is 14.5. The quantitative estimate of drug-likeness (QED) is 0.872. The molecule has 1 saturated heterocycles. The van der Waals surface area contributed by atoms with E-state index in [-0.39, 0.29) is 5.78 Å². The van der Waals surface area contributed by atoms with Crippen LogP contribution in [0.25, 0.3) is 0 Å². The highest BCUT2D eigenvalue weighted by atomic mass is 35.5. The fraction of sp³-hybridized carbons (Fsp3) is 0.714. The number of carbonyl (C=O) groups excluding carboxylic acids is 1. The van der Waals surface area contributed by atoms with E-state index in [1.807, 2.05) is 18.5 Å². The van der Waals surface area contributed by atoms with Crippen LogP contribution in [0.15, 0.2) is 0 Å². The van der Waals surface area contributed by atoms with Crippen LogP contribution in [0.1, 0.15) is 37.6 Å². The molecule has 1 aromatic rings. The number of ketones is 1. The first-order chi connectivity index (χ1) is 9.11. The van der Waals surface area contributed by atoms with Gasteiger partial charge in [-0.15, -0.1) is 0 Å². The molecular weight excluding hydrogens is 262 g/mol. The Labute approximate surface area is 119 Å². The predicted molar refractivity (Wildman–Crippen MR) is 76.6 cm³/mol. The van der Waals surface area contributed by atoms with Crippen molar-refractivity contribution in [2.24, 2.45) is 5.92 Å². The summed E-state index contributed by atoms with van der Waals surface area (Å²) in [5.41, 5.74) is 1.68. The van der Waals surface area contributed by atoms with E-state index in [2.05, 4.69) is 10.4 Å². The maximum absolute atomic E-state index is 12.1. The van der Waals surface area contributed by atoms with E-state index >= 15 is 0 Å². The van der Waals surface area contributed by atoms with Crippen LogP contribution in [0, 0.1) is 12.8 Å². The summed E-state index contributed by atoms with van der Waals surface area (Å²) in [4.78, 5) is 12.1. The molecule has 1 unspecified atom stereocenters. The van der Waals surface area contributed by atoms with E-state index in [0.717, 1.165) is 37.4 Å². The third-order valence-corrected chi connectivity index (χ3v) is 4.30. The predicted octanol–water partition coefficient (Wildman–Crippen LogP) is 2.37. The van der Waals surface area contributed by atoms with Crippen LogP contribution in [0.5, 0.6) is 0 Å². The smallest absolute Gasteiger partial charge is 0.138 e. The maximum Gasteiger partial charge on any atom is 0.138 e. The molecule has 1 aromatic heterocycles. The molecule has 1 aliphatic rings. The molecule has 0 radical (unpaired) electrons. The Kier molecular flexibility index (Phi) is 4.99. The fourth-order valence-electron chi connectivity index (χ4n) is 2.64. The second-order valence-corrected chi connectivity index (χ2v) is 5.65. The fourth-order valence-corrected chi connectivity index (χ4v) is 2.84. The van der Waals surface area contributed by atoms with Gasteiger partial charge in [0.15, 0.2) is 0 Å². The Hall–Kier alpha value is -0.870. The largest absolute Gasteiger partial charge is 0.316 e. The van der Waals surface area contributed by atoms with E-state index in [1.54, 1.807) is 0 Å². The third-order valence-electron chi connectivity index (χ3n) is 3.81. The second-order valence-electron chi connectivity index (χ2n) is 5.27. The van der Waals surface area contributed by atoms with Gasteiger partial charge in [0.2, 0.25) is 0 Å². The standard InChI is InChI=1S/C14H22ClN3O/c1-3-18-13(14(15)10(2)17-18)8-12(19)5-4-11-6-7-16-9-11/h11,16H,3-9H2,1-2H3. The molecule has 19 heavy (non-hydrogen) atoms. The minimum atomic E-state index is 0.267. The first-order valence-electron chi connectivity index (χ1n) is 7.06. The molecular formula is C14H22ClN3O. The molecule has 0 amide bonds. The summed E-state index contributed by atoms with van der Waals surface area (Å²) in [6.45, 7) is 6.79. The van der Waals surface area contributed by atoms with Crippen molar-refractivity contribution in [1.29, 1.82) is 0 Å². The van der Waals surface area contributed by atoms with Gasteiger partial charge in [-0.05, 0) is 45.7 Å². The van der Waals surface area contributed by atoms with Gasteiger partial charge in [-0.25, -0.2) is 0 Å². The van der Waals surface area contributed by atoms with Crippen molar-refractivity contribution < 1.29 is 4.79 Å². The Bertz CT molecular complexity index is 450. The van der Waals surface area contributed by atoms with Crippen LogP contribution in [-0.4, -0.2) is 28.7 Å². The highest BCUT2D eigenvalue weighted by Gasteiger charge is 2.18. The van der Waals surface area contributed by atoms with Gasteiger partial charge in [0.25, 0.3) is 0 Å². The van der Waals surface area contributed by atoms with E-state index < -0.39 is 0 Å². The van der Waals surface area contributed by atoms with Crippen LogP contribution in [0.4, 0.5) is 0 Å². The van der Waals surface area contributed by atoms with Gasteiger partial charge < -0.3 is 5.32 Å². The lowest BCUT2D eigenvalue weighted by atomic mass is 9.99. The summed E-state index contributed by atoms with van der Waals surface area (Å²) in [7, 11) is 0. The number of hydrogen-bond donors (Lipinski definition) is 1. The highest BCUT2D eigenvalue weighted by Crippen LogP contribution is 2.22. The summed E-state index contributed by atoms with van der Waals surface area (Å²) in [5, 5.41) is 8.32. The van der Waals surface area contributed by atoms with Gasteiger partial charge in [-0.1, -0.05) is 11.6 Å². The summed E-state index contributed by atoms with van der Waals surface area (Å²) in [6, 6.07) is 0. The Morgan fingerprint density at radius 2 is 2.37 bits per heavy atom. The summed E-state index contributed by atoms with van der Waals surface area (Å²) in [6.07, 6.45) is 3.24. The normalized spacial score (nSPS) is 19.0. The number of aryl methyl sites for hydroxylation is 2. The zero-order valence-corrected chi connectivity index (χ0v) is 12.5. The van der Waals surface area contributed by atoms with Crippen LogP contribution in [0.2, 0.25) is 5.02 Å². The van der Waals surface area contributed by atoms with Gasteiger partial charge in [0.05, 0.1) is 16.4 Å². The molecule has 0 saturated carbocycles. The van der Waals surface area contributed by atoms with Gasteiger partial charge in [-0.3, -0.25) is 9.48 Å². The molecule has 0 bridgehead atoms. The molecule has 5 heteroatoms. The number of hydrogen-bond acceptors (Lipinski definition) is 3. The van der Waals surface area contributed by atoms with E-state index in [9.17, 15) is 4.79 Å². The zero-order valence-electron chi connectivity index (χ0n) is 11.7.